The standard InChI is InChI=1S/C21H25N3O3/c1-15-11-16(2)13-17(12-15)23-20(25)19-4-3-18(14-22-19)24-7-5-21(6-8-24)26-9-10-27-21/h3-4,11-14H,5-10H2,1-2H3,(H,23,25). The normalized spacial score (nSPS) is 18.7. The molecule has 1 aromatic heterocycles. The molecule has 2 aliphatic rings. The Kier molecular flexibility index (Phi) is 4.85. The van der Waals surface area contributed by atoms with E-state index in [2.05, 4.69) is 21.3 Å². The lowest BCUT2D eigenvalue weighted by atomic mass is 10.0. The highest BCUT2D eigenvalue weighted by molar-refractivity contribution is 6.03. The molecule has 0 radical (unpaired) electrons. The number of aromatic nitrogens is 1. The van der Waals surface area contributed by atoms with Crippen LogP contribution in [0.4, 0.5) is 11.4 Å². The summed E-state index contributed by atoms with van der Waals surface area (Å²) in [5, 5.41) is 2.92. The summed E-state index contributed by atoms with van der Waals surface area (Å²) in [6.07, 6.45) is 3.47. The molecule has 1 N–H and O–H groups in total. The van der Waals surface area contributed by atoms with Crippen molar-refractivity contribution in [2.24, 2.45) is 0 Å². The number of carbonyl (C=O) groups is 1. The Hall–Kier alpha value is -2.44. The molecular formula is C21H25N3O3. The van der Waals surface area contributed by atoms with Gasteiger partial charge in [-0.3, -0.25) is 4.79 Å². The van der Waals surface area contributed by atoms with Crippen molar-refractivity contribution in [1.82, 2.24) is 4.98 Å². The van der Waals surface area contributed by atoms with E-state index >= 15 is 0 Å². The second-order valence-electron chi connectivity index (χ2n) is 7.33. The molecule has 0 bridgehead atoms. The molecule has 2 aromatic rings. The first kappa shape index (κ1) is 17.9. The smallest absolute Gasteiger partial charge is 0.274 e. The fourth-order valence-electron chi connectivity index (χ4n) is 3.84. The molecule has 4 rings (SSSR count). The van der Waals surface area contributed by atoms with E-state index in [-0.39, 0.29) is 11.7 Å². The zero-order valence-corrected chi connectivity index (χ0v) is 15.8. The Morgan fingerprint density at radius 2 is 1.74 bits per heavy atom. The Labute approximate surface area is 159 Å². The van der Waals surface area contributed by atoms with Crippen LogP contribution in [-0.4, -0.2) is 43.0 Å². The van der Waals surface area contributed by atoms with Crippen molar-refractivity contribution >= 4 is 17.3 Å². The minimum Gasteiger partial charge on any atom is -0.370 e. The molecule has 1 spiro atoms. The number of amides is 1. The van der Waals surface area contributed by atoms with Gasteiger partial charge in [0.1, 0.15) is 5.69 Å². The number of hydrogen-bond donors (Lipinski definition) is 1. The minimum atomic E-state index is -0.379. The summed E-state index contributed by atoms with van der Waals surface area (Å²) in [5.74, 6) is -0.577. The maximum atomic E-state index is 12.5. The zero-order valence-electron chi connectivity index (χ0n) is 15.8. The molecule has 0 unspecified atom stereocenters. The number of anilines is 2. The molecule has 2 fully saturated rings. The van der Waals surface area contributed by atoms with E-state index in [4.69, 9.17) is 9.47 Å². The fraction of sp³-hybridized carbons (Fsp3) is 0.429. The van der Waals surface area contributed by atoms with Gasteiger partial charge >= 0.3 is 0 Å². The minimum absolute atomic E-state index is 0.197. The number of aryl methyl sites for hydroxylation is 2. The van der Waals surface area contributed by atoms with Crippen molar-refractivity contribution in [1.29, 1.82) is 0 Å². The van der Waals surface area contributed by atoms with E-state index in [0.717, 1.165) is 48.4 Å². The summed E-state index contributed by atoms with van der Waals surface area (Å²) in [5.41, 5.74) is 4.46. The van der Waals surface area contributed by atoms with Crippen LogP contribution >= 0.6 is 0 Å². The first-order valence-electron chi connectivity index (χ1n) is 9.42. The van der Waals surface area contributed by atoms with E-state index in [1.165, 1.54) is 0 Å². The lowest BCUT2D eigenvalue weighted by Gasteiger charge is -2.38. The third-order valence-corrected chi connectivity index (χ3v) is 5.16. The Bertz CT molecular complexity index is 799. The predicted molar refractivity (Wildman–Crippen MR) is 104 cm³/mol. The quantitative estimate of drug-likeness (QED) is 0.902. The number of rotatable bonds is 3. The molecule has 1 aromatic carbocycles. The summed E-state index contributed by atoms with van der Waals surface area (Å²) >= 11 is 0. The summed E-state index contributed by atoms with van der Waals surface area (Å²) in [6, 6.07) is 9.72. The molecule has 142 valence electrons. The maximum Gasteiger partial charge on any atom is 0.274 e. The van der Waals surface area contributed by atoms with Gasteiger partial charge in [0, 0.05) is 31.6 Å². The molecule has 2 saturated heterocycles. The number of pyridine rings is 1. The van der Waals surface area contributed by atoms with Crippen molar-refractivity contribution in [3.8, 4) is 0 Å². The third-order valence-electron chi connectivity index (χ3n) is 5.16. The van der Waals surface area contributed by atoms with Crippen LogP contribution in [0.5, 0.6) is 0 Å². The summed E-state index contributed by atoms with van der Waals surface area (Å²) in [4.78, 5) is 19.1. The number of piperidine rings is 1. The van der Waals surface area contributed by atoms with Gasteiger partial charge in [-0.2, -0.15) is 0 Å². The molecule has 27 heavy (non-hydrogen) atoms. The van der Waals surface area contributed by atoms with Crippen molar-refractivity contribution in [3.05, 3.63) is 53.3 Å². The molecule has 3 heterocycles. The van der Waals surface area contributed by atoms with Crippen LogP contribution in [0.25, 0.3) is 0 Å². The van der Waals surface area contributed by atoms with Gasteiger partial charge in [0.05, 0.1) is 25.1 Å². The van der Waals surface area contributed by atoms with Crippen molar-refractivity contribution < 1.29 is 14.3 Å². The molecule has 0 saturated carbocycles. The second-order valence-corrected chi connectivity index (χ2v) is 7.33. The predicted octanol–water partition coefficient (Wildman–Crippen LogP) is 3.29. The number of hydrogen-bond acceptors (Lipinski definition) is 5. The monoisotopic (exact) mass is 367 g/mol. The Balaban J connectivity index is 1.39. The summed E-state index contributed by atoms with van der Waals surface area (Å²) in [7, 11) is 0. The summed E-state index contributed by atoms with van der Waals surface area (Å²) < 4.78 is 11.5. The molecule has 6 heteroatoms. The third kappa shape index (κ3) is 3.96. The van der Waals surface area contributed by atoms with Crippen LogP contribution in [0.15, 0.2) is 36.5 Å². The molecular weight excluding hydrogens is 342 g/mol. The lowest BCUT2D eigenvalue weighted by Crippen LogP contribution is -2.45. The van der Waals surface area contributed by atoms with Crippen LogP contribution < -0.4 is 10.2 Å². The number of benzene rings is 1. The zero-order chi connectivity index (χ0) is 18.9. The highest BCUT2D eigenvalue weighted by Gasteiger charge is 2.39. The highest BCUT2D eigenvalue weighted by atomic mass is 16.7. The molecule has 1 amide bonds. The Morgan fingerprint density at radius 1 is 1.07 bits per heavy atom. The topological polar surface area (TPSA) is 63.7 Å². The average molecular weight is 367 g/mol. The van der Waals surface area contributed by atoms with E-state index in [1.54, 1.807) is 12.3 Å². The van der Waals surface area contributed by atoms with Crippen LogP contribution in [0.2, 0.25) is 0 Å². The van der Waals surface area contributed by atoms with E-state index in [9.17, 15) is 4.79 Å². The van der Waals surface area contributed by atoms with E-state index < -0.39 is 0 Å². The molecule has 2 aliphatic heterocycles. The highest BCUT2D eigenvalue weighted by Crippen LogP contribution is 2.33. The number of ether oxygens (including phenoxy) is 2. The van der Waals surface area contributed by atoms with Crippen LogP contribution in [0.3, 0.4) is 0 Å². The molecule has 0 atom stereocenters. The van der Waals surface area contributed by atoms with E-state index in [0.29, 0.717) is 18.9 Å². The lowest BCUT2D eigenvalue weighted by molar-refractivity contribution is -0.169. The fourth-order valence-corrected chi connectivity index (χ4v) is 3.84. The molecule has 0 aliphatic carbocycles. The van der Waals surface area contributed by atoms with E-state index in [1.807, 2.05) is 32.0 Å². The molecule has 6 nitrogen and oxygen atoms in total. The van der Waals surface area contributed by atoms with Crippen LogP contribution in [0, 0.1) is 13.8 Å². The first-order chi connectivity index (χ1) is 13.0. The van der Waals surface area contributed by atoms with Gasteiger partial charge < -0.3 is 19.7 Å². The largest absolute Gasteiger partial charge is 0.370 e. The van der Waals surface area contributed by atoms with Gasteiger partial charge in [-0.25, -0.2) is 4.98 Å². The van der Waals surface area contributed by atoms with Gasteiger partial charge in [-0.05, 0) is 49.2 Å². The summed E-state index contributed by atoms with van der Waals surface area (Å²) in [6.45, 7) is 7.11. The van der Waals surface area contributed by atoms with Crippen molar-refractivity contribution in [2.45, 2.75) is 32.5 Å². The average Bonchev–Trinajstić information content (AvgIpc) is 3.10. The number of carbonyl (C=O) groups excluding carboxylic acids is 1. The van der Waals surface area contributed by atoms with Gasteiger partial charge in [-0.15, -0.1) is 0 Å². The Morgan fingerprint density at radius 3 is 2.33 bits per heavy atom. The first-order valence-corrected chi connectivity index (χ1v) is 9.42. The van der Waals surface area contributed by atoms with Gasteiger partial charge in [0.15, 0.2) is 5.79 Å². The maximum absolute atomic E-state index is 12.5. The van der Waals surface area contributed by atoms with Crippen LogP contribution in [0.1, 0.15) is 34.5 Å². The van der Waals surface area contributed by atoms with Gasteiger partial charge in [-0.1, -0.05) is 6.07 Å². The van der Waals surface area contributed by atoms with Gasteiger partial charge in [0.2, 0.25) is 0 Å². The van der Waals surface area contributed by atoms with Gasteiger partial charge in [0.25, 0.3) is 5.91 Å². The second kappa shape index (κ2) is 7.29. The number of nitrogens with zero attached hydrogens (tertiary/aromatic N) is 2. The number of nitrogens with one attached hydrogen (secondary N) is 1. The SMILES string of the molecule is Cc1cc(C)cc(NC(=O)c2ccc(N3CCC4(CC3)OCCO4)cn2)c1. The van der Waals surface area contributed by atoms with Crippen LogP contribution in [-0.2, 0) is 9.47 Å². The van der Waals surface area contributed by atoms with Crippen molar-refractivity contribution in [2.75, 3.05) is 36.5 Å². The van der Waals surface area contributed by atoms with Crippen molar-refractivity contribution in [3.63, 3.8) is 0 Å².